The fraction of sp³-hybridized carbons (Fsp3) is 0.667. The fourth-order valence-electron chi connectivity index (χ4n) is 5.00. The van der Waals surface area contributed by atoms with E-state index < -0.39 is 0 Å². The van der Waals surface area contributed by atoms with Gasteiger partial charge >= 0.3 is 0 Å². The van der Waals surface area contributed by atoms with Crippen molar-refractivity contribution in [2.75, 3.05) is 6.61 Å². The van der Waals surface area contributed by atoms with Crippen LogP contribution in [0.5, 0.6) is 0 Å². The van der Waals surface area contributed by atoms with Crippen LogP contribution in [0.3, 0.4) is 0 Å². The van der Waals surface area contributed by atoms with Crippen LogP contribution >= 0.6 is 0 Å². The molecule has 1 nitrogen and oxygen atoms in total. The monoisotopic (exact) mass is 340 g/mol. The molecule has 0 unspecified atom stereocenters. The quantitative estimate of drug-likeness (QED) is 0.388. The Kier molecular flexibility index (Phi) is 7.16. The summed E-state index contributed by atoms with van der Waals surface area (Å²) >= 11 is 0. The first-order valence-electron chi connectivity index (χ1n) is 10.6. The average molecular weight is 341 g/mol. The summed E-state index contributed by atoms with van der Waals surface area (Å²) in [6.45, 7) is 7.76. The molecule has 0 saturated heterocycles. The summed E-state index contributed by atoms with van der Waals surface area (Å²) in [5, 5.41) is 0. The highest BCUT2D eigenvalue weighted by atomic mass is 16.5. The third-order valence-corrected chi connectivity index (χ3v) is 6.66. The van der Waals surface area contributed by atoms with E-state index in [1.807, 2.05) is 0 Å². The standard InChI is InChI=1S/C24H36O/c1-3-17-25-18-20-7-11-22(12-8-20)24-15-13-23(14-16-24)21-9-5-19(4-2)6-10-21/h4,7-8,11-12,19,21,23-24H,2-3,5-6,9-10,13-18H2,1H3/t19-,21-,23?,24?. The van der Waals surface area contributed by atoms with Gasteiger partial charge < -0.3 is 4.74 Å². The lowest BCUT2D eigenvalue weighted by Gasteiger charge is -2.37. The molecule has 1 aromatic carbocycles. The number of allylic oxidation sites excluding steroid dienone is 1. The molecule has 0 bridgehead atoms. The molecule has 1 aromatic rings. The smallest absolute Gasteiger partial charge is 0.0716 e. The summed E-state index contributed by atoms with van der Waals surface area (Å²) in [6, 6.07) is 9.25. The van der Waals surface area contributed by atoms with E-state index in [0.717, 1.165) is 43.3 Å². The molecule has 0 atom stereocenters. The molecule has 0 aromatic heterocycles. The highest BCUT2D eigenvalue weighted by Crippen LogP contribution is 2.44. The van der Waals surface area contributed by atoms with Crippen molar-refractivity contribution in [1.82, 2.24) is 0 Å². The van der Waals surface area contributed by atoms with Crippen LogP contribution in [0.15, 0.2) is 36.9 Å². The van der Waals surface area contributed by atoms with Gasteiger partial charge in [-0.3, -0.25) is 0 Å². The topological polar surface area (TPSA) is 9.23 Å². The van der Waals surface area contributed by atoms with Crippen LogP contribution in [0.2, 0.25) is 0 Å². The normalized spacial score (nSPS) is 30.1. The summed E-state index contributed by atoms with van der Waals surface area (Å²) in [5.41, 5.74) is 2.86. The minimum atomic E-state index is 0.758. The number of rotatable bonds is 7. The third-order valence-electron chi connectivity index (χ3n) is 6.66. The van der Waals surface area contributed by atoms with E-state index in [1.54, 1.807) is 5.56 Å². The highest BCUT2D eigenvalue weighted by Gasteiger charge is 2.30. The number of ether oxygens (including phenoxy) is 1. The summed E-state index contributed by atoms with van der Waals surface area (Å²) in [4.78, 5) is 0. The van der Waals surface area contributed by atoms with Crippen molar-refractivity contribution in [3.8, 4) is 0 Å². The van der Waals surface area contributed by atoms with Gasteiger partial charge in [0.05, 0.1) is 6.61 Å². The zero-order chi connectivity index (χ0) is 17.5. The maximum Gasteiger partial charge on any atom is 0.0716 e. The van der Waals surface area contributed by atoms with E-state index >= 15 is 0 Å². The van der Waals surface area contributed by atoms with Crippen molar-refractivity contribution in [2.24, 2.45) is 17.8 Å². The molecule has 1 heteroatoms. The minimum Gasteiger partial charge on any atom is -0.377 e. The highest BCUT2D eigenvalue weighted by molar-refractivity contribution is 5.25. The van der Waals surface area contributed by atoms with E-state index in [0.29, 0.717) is 0 Å². The van der Waals surface area contributed by atoms with Gasteiger partial charge in [0.2, 0.25) is 0 Å². The second-order valence-corrected chi connectivity index (χ2v) is 8.32. The zero-order valence-corrected chi connectivity index (χ0v) is 16.1. The largest absolute Gasteiger partial charge is 0.377 e. The molecule has 25 heavy (non-hydrogen) atoms. The summed E-state index contributed by atoms with van der Waals surface area (Å²) < 4.78 is 5.64. The molecule has 0 spiro atoms. The maximum atomic E-state index is 5.64. The van der Waals surface area contributed by atoms with Gasteiger partial charge in [0.25, 0.3) is 0 Å². The molecule has 2 fully saturated rings. The van der Waals surface area contributed by atoms with Crippen molar-refractivity contribution in [2.45, 2.75) is 77.2 Å². The molecule has 3 rings (SSSR count). The Balaban J connectivity index is 1.45. The van der Waals surface area contributed by atoms with Crippen LogP contribution in [-0.4, -0.2) is 6.61 Å². The Morgan fingerprint density at radius 2 is 1.52 bits per heavy atom. The first kappa shape index (κ1) is 18.7. The summed E-state index contributed by atoms with van der Waals surface area (Å²) in [7, 11) is 0. The molecule has 0 radical (unpaired) electrons. The van der Waals surface area contributed by atoms with Crippen LogP contribution < -0.4 is 0 Å². The molecular weight excluding hydrogens is 304 g/mol. The van der Waals surface area contributed by atoms with Gasteiger partial charge in [0, 0.05) is 6.61 Å². The maximum absolute atomic E-state index is 5.64. The number of hydrogen-bond donors (Lipinski definition) is 0. The van der Waals surface area contributed by atoms with E-state index in [-0.39, 0.29) is 0 Å². The van der Waals surface area contributed by atoms with E-state index in [2.05, 4.69) is 43.8 Å². The van der Waals surface area contributed by atoms with Crippen molar-refractivity contribution < 1.29 is 4.74 Å². The molecule has 138 valence electrons. The summed E-state index contributed by atoms with van der Waals surface area (Å²) in [6.07, 6.45) is 14.6. The van der Waals surface area contributed by atoms with Crippen molar-refractivity contribution in [3.63, 3.8) is 0 Å². The molecular formula is C24H36O. The molecule has 2 aliphatic carbocycles. The first-order valence-corrected chi connectivity index (χ1v) is 10.6. The van der Waals surface area contributed by atoms with Crippen LogP contribution in [0.25, 0.3) is 0 Å². The third kappa shape index (κ3) is 5.20. The predicted molar refractivity (Wildman–Crippen MR) is 107 cm³/mol. The Labute approximate surface area is 154 Å². The van der Waals surface area contributed by atoms with E-state index in [4.69, 9.17) is 4.74 Å². The van der Waals surface area contributed by atoms with Crippen LogP contribution in [0.1, 0.15) is 81.8 Å². The number of benzene rings is 1. The Morgan fingerprint density at radius 1 is 0.920 bits per heavy atom. The van der Waals surface area contributed by atoms with Gasteiger partial charge in [-0.05, 0) is 92.6 Å². The van der Waals surface area contributed by atoms with Gasteiger partial charge in [0.1, 0.15) is 0 Å². The lowest BCUT2D eigenvalue weighted by molar-refractivity contribution is 0.121. The van der Waals surface area contributed by atoms with Crippen LogP contribution in [-0.2, 0) is 11.3 Å². The second kappa shape index (κ2) is 9.57. The minimum absolute atomic E-state index is 0.758. The van der Waals surface area contributed by atoms with Crippen LogP contribution in [0.4, 0.5) is 0 Å². The molecule has 0 heterocycles. The average Bonchev–Trinajstić information content (AvgIpc) is 2.69. The van der Waals surface area contributed by atoms with Crippen molar-refractivity contribution in [1.29, 1.82) is 0 Å². The Morgan fingerprint density at radius 3 is 2.08 bits per heavy atom. The molecule has 0 N–H and O–H groups in total. The van der Waals surface area contributed by atoms with Gasteiger partial charge in [0.15, 0.2) is 0 Å². The lowest BCUT2D eigenvalue weighted by Crippen LogP contribution is -2.25. The Hall–Kier alpha value is -1.08. The number of hydrogen-bond acceptors (Lipinski definition) is 1. The van der Waals surface area contributed by atoms with Gasteiger partial charge in [-0.25, -0.2) is 0 Å². The van der Waals surface area contributed by atoms with E-state index in [9.17, 15) is 0 Å². The second-order valence-electron chi connectivity index (χ2n) is 8.32. The first-order chi connectivity index (χ1) is 12.3. The molecule has 2 saturated carbocycles. The van der Waals surface area contributed by atoms with Crippen molar-refractivity contribution in [3.05, 3.63) is 48.0 Å². The van der Waals surface area contributed by atoms with Gasteiger partial charge in [-0.15, -0.1) is 6.58 Å². The van der Waals surface area contributed by atoms with Crippen LogP contribution in [0, 0.1) is 17.8 Å². The summed E-state index contributed by atoms with van der Waals surface area (Å²) in [5.74, 6) is 3.57. The van der Waals surface area contributed by atoms with Gasteiger partial charge in [-0.2, -0.15) is 0 Å². The van der Waals surface area contributed by atoms with E-state index in [1.165, 1.54) is 56.9 Å². The van der Waals surface area contributed by atoms with Gasteiger partial charge in [-0.1, -0.05) is 37.3 Å². The Bertz CT molecular complexity index is 501. The van der Waals surface area contributed by atoms with Crippen molar-refractivity contribution >= 4 is 0 Å². The predicted octanol–water partition coefficient (Wildman–Crippen LogP) is 6.88. The molecule has 0 aliphatic heterocycles. The molecule has 2 aliphatic rings. The SMILES string of the molecule is C=C[C@H]1CC[C@H](C2CCC(c3ccc(COCCC)cc3)CC2)CC1. The molecule has 0 amide bonds. The fourth-order valence-corrected chi connectivity index (χ4v) is 5.00. The zero-order valence-electron chi connectivity index (χ0n) is 16.1. The lowest BCUT2D eigenvalue weighted by atomic mass is 9.68.